The Bertz CT molecular complexity index is 942. The molecule has 2 N–H and O–H groups in total. The summed E-state index contributed by atoms with van der Waals surface area (Å²) < 4.78 is 12.8. The molecular formula is C18H14BrClN2O2. The van der Waals surface area contributed by atoms with Crippen molar-refractivity contribution in [2.75, 3.05) is 12.1 Å². The van der Waals surface area contributed by atoms with Crippen LogP contribution in [0.15, 0.2) is 47.1 Å². The van der Waals surface area contributed by atoms with Crippen LogP contribution in [0.5, 0.6) is 0 Å². The molecule has 2 aliphatic heterocycles. The first kappa shape index (κ1) is 14.8. The SMILES string of the molecule is Clc1ccc2c(c1)[C@H]1OCO[C@H]1C(c1c[nH]c3ccc(Br)cc13)N2. The minimum atomic E-state index is -0.109. The van der Waals surface area contributed by atoms with Crippen LogP contribution in [0.4, 0.5) is 5.69 Å². The second-order valence-electron chi connectivity index (χ2n) is 6.12. The topological polar surface area (TPSA) is 46.3 Å². The van der Waals surface area contributed by atoms with Crippen LogP contribution in [-0.2, 0) is 9.47 Å². The van der Waals surface area contributed by atoms with Gasteiger partial charge in [-0.15, -0.1) is 0 Å². The van der Waals surface area contributed by atoms with E-state index in [1.165, 1.54) is 10.9 Å². The molecule has 122 valence electrons. The zero-order valence-corrected chi connectivity index (χ0v) is 14.9. The van der Waals surface area contributed by atoms with Crippen LogP contribution in [0, 0.1) is 0 Å². The molecular weight excluding hydrogens is 392 g/mol. The molecule has 0 saturated carbocycles. The Hall–Kier alpha value is -1.53. The maximum Gasteiger partial charge on any atom is 0.148 e. The molecule has 0 bridgehead atoms. The lowest BCUT2D eigenvalue weighted by atomic mass is 9.88. The minimum Gasteiger partial charge on any atom is -0.375 e. The number of H-pyrrole nitrogens is 1. The Kier molecular flexibility index (Phi) is 3.38. The van der Waals surface area contributed by atoms with Crippen molar-refractivity contribution in [3.8, 4) is 0 Å². The summed E-state index contributed by atoms with van der Waals surface area (Å²) in [6, 6.07) is 12.1. The predicted molar refractivity (Wildman–Crippen MR) is 97.4 cm³/mol. The van der Waals surface area contributed by atoms with Gasteiger partial charge in [-0.1, -0.05) is 27.5 Å². The van der Waals surface area contributed by atoms with Crippen LogP contribution in [0.3, 0.4) is 0 Å². The molecule has 3 aromatic rings. The number of hydrogen-bond donors (Lipinski definition) is 2. The van der Waals surface area contributed by atoms with Gasteiger partial charge < -0.3 is 19.8 Å². The van der Waals surface area contributed by atoms with Crippen molar-refractivity contribution < 1.29 is 9.47 Å². The summed E-state index contributed by atoms with van der Waals surface area (Å²) in [7, 11) is 0. The fourth-order valence-electron chi connectivity index (χ4n) is 3.69. The average Bonchev–Trinajstić information content (AvgIpc) is 3.21. The maximum absolute atomic E-state index is 6.16. The van der Waals surface area contributed by atoms with E-state index in [4.69, 9.17) is 21.1 Å². The van der Waals surface area contributed by atoms with E-state index in [1.807, 2.05) is 24.3 Å². The van der Waals surface area contributed by atoms with Gasteiger partial charge in [0.2, 0.25) is 0 Å². The molecule has 4 nitrogen and oxygen atoms in total. The monoisotopic (exact) mass is 404 g/mol. The van der Waals surface area contributed by atoms with Gasteiger partial charge >= 0.3 is 0 Å². The highest BCUT2D eigenvalue weighted by molar-refractivity contribution is 9.10. The first-order chi connectivity index (χ1) is 11.7. The van der Waals surface area contributed by atoms with Crippen LogP contribution in [0.2, 0.25) is 5.02 Å². The van der Waals surface area contributed by atoms with Crippen LogP contribution in [0.1, 0.15) is 23.3 Å². The maximum atomic E-state index is 6.16. The number of aromatic nitrogens is 1. The predicted octanol–water partition coefficient (Wildman–Crippen LogP) is 5.16. The number of hydrogen-bond acceptors (Lipinski definition) is 3. The number of ether oxygens (including phenoxy) is 2. The molecule has 1 fully saturated rings. The summed E-state index contributed by atoms with van der Waals surface area (Å²) in [5, 5.41) is 5.49. The first-order valence-electron chi connectivity index (χ1n) is 7.76. The third-order valence-electron chi connectivity index (χ3n) is 4.78. The highest BCUT2D eigenvalue weighted by Crippen LogP contribution is 2.47. The highest BCUT2D eigenvalue weighted by atomic mass is 79.9. The number of fused-ring (bicyclic) bond motifs is 4. The number of anilines is 1. The molecule has 0 radical (unpaired) electrons. The van der Waals surface area contributed by atoms with Crippen LogP contribution < -0.4 is 5.32 Å². The third-order valence-corrected chi connectivity index (χ3v) is 5.51. The Labute approximate surface area is 152 Å². The minimum absolute atomic E-state index is 0.00854. The van der Waals surface area contributed by atoms with Gasteiger partial charge in [0, 0.05) is 43.4 Å². The molecule has 3 atom stereocenters. The number of nitrogens with one attached hydrogen (secondary N) is 2. The number of halogens is 2. The summed E-state index contributed by atoms with van der Waals surface area (Å²) in [4.78, 5) is 3.35. The molecule has 1 saturated heterocycles. The smallest absolute Gasteiger partial charge is 0.148 e. The Morgan fingerprint density at radius 3 is 2.92 bits per heavy atom. The lowest BCUT2D eigenvalue weighted by Crippen LogP contribution is -2.34. The van der Waals surface area contributed by atoms with Crippen LogP contribution in [-0.4, -0.2) is 17.9 Å². The van der Waals surface area contributed by atoms with Crippen LogP contribution in [0.25, 0.3) is 10.9 Å². The van der Waals surface area contributed by atoms with Crippen molar-refractivity contribution in [2.45, 2.75) is 18.2 Å². The zero-order chi connectivity index (χ0) is 16.3. The molecule has 1 unspecified atom stereocenters. The normalized spacial score (nSPS) is 25.3. The standard InChI is InChI=1S/C18H14BrClN2O2/c19-9-1-3-14-11(5-9)13(7-21-14)16-18-17(23-8-24-18)12-6-10(20)2-4-15(12)22-16/h1-7,16-18,21-22H,8H2/t16?,17-,18+/m1/s1. The second kappa shape index (κ2) is 5.49. The van der Waals surface area contributed by atoms with Crippen molar-refractivity contribution in [1.82, 2.24) is 4.98 Å². The molecule has 0 amide bonds. The number of benzene rings is 2. The van der Waals surface area contributed by atoms with E-state index < -0.39 is 0 Å². The van der Waals surface area contributed by atoms with E-state index in [0.29, 0.717) is 11.8 Å². The van der Waals surface area contributed by atoms with E-state index in [9.17, 15) is 0 Å². The van der Waals surface area contributed by atoms with Gasteiger partial charge in [0.25, 0.3) is 0 Å². The van der Waals surface area contributed by atoms with Crippen molar-refractivity contribution in [3.05, 3.63) is 63.2 Å². The summed E-state index contributed by atoms with van der Waals surface area (Å²) in [5.41, 5.74) is 4.38. The van der Waals surface area contributed by atoms with E-state index >= 15 is 0 Å². The van der Waals surface area contributed by atoms with Gasteiger partial charge in [-0.3, -0.25) is 0 Å². The Morgan fingerprint density at radius 1 is 1.08 bits per heavy atom. The lowest BCUT2D eigenvalue weighted by Gasteiger charge is -2.35. The molecule has 3 heterocycles. The molecule has 6 heteroatoms. The zero-order valence-electron chi connectivity index (χ0n) is 12.6. The van der Waals surface area contributed by atoms with Crippen molar-refractivity contribution in [2.24, 2.45) is 0 Å². The Morgan fingerprint density at radius 2 is 2.00 bits per heavy atom. The second-order valence-corrected chi connectivity index (χ2v) is 7.48. The fourth-order valence-corrected chi connectivity index (χ4v) is 4.23. The number of aromatic amines is 1. The number of rotatable bonds is 1. The lowest BCUT2D eigenvalue weighted by molar-refractivity contribution is 0.0367. The Balaban J connectivity index is 1.65. The first-order valence-corrected chi connectivity index (χ1v) is 8.93. The largest absolute Gasteiger partial charge is 0.375 e. The third kappa shape index (κ3) is 2.19. The van der Waals surface area contributed by atoms with Crippen molar-refractivity contribution in [1.29, 1.82) is 0 Å². The van der Waals surface area contributed by atoms with Gasteiger partial charge in [0.15, 0.2) is 0 Å². The quantitative estimate of drug-likeness (QED) is 0.587. The molecule has 0 aliphatic carbocycles. The molecule has 0 spiro atoms. The molecule has 2 aromatic carbocycles. The summed E-state index contributed by atoms with van der Waals surface area (Å²) in [5.74, 6) is 0. The summed E-state index contributed by atoms with van der Waals surface area (Å²) >= 11 is 9.72. The fraction of sp³-hybridized carbons (Fsp3) is 0.222. The summed E-state index contributed by atoms with van der Waals surface area (Å²) in [6.07, 6.45) is 1.85. The molecule has 1 aromatic heterocycles. The van der Waals surface area contributed by atoms with E-state index in [-0.39, 0.29) is 18.2 Å². The van der Waals surface area contributed by atoms with Crippen molar-refractivity contribution >= 4 is 44.1 Å². The van der Waals surface area contributed by atoms with Gasteiger partial charge in [-0.05, 0) is 36.4 Å². The van der Waals surface area contributed by atoms with Gasteiger partial charge in [0.1, 0.15) is 19.0 Å². The van der Waals surface area contributed by atoms with E-state index in [2.05, 4.69) is 44.6 Å². The van der Waals surface area contributed by atoms with Gasteiger partial charge in [0.05, 0.1) is 6.04 Å². The molecule has 5 rings (SSSR count). The molecule has 24 heavy (non-hydrogen) atoms. The van der Waals surface area contributed by atoms with Crippen LogP contribution >= 0.6 is 27.5 Å². The van der Waals surface area contributed by atoms with Gasteiger partial charge in [-0.25, -0.2) is 0 Å². The molecule has 2 aliphatic rings. The van der Waals surface area contributed by atoms with Crippen molar-refractivity contribution in [3.63, 3.8) is 0 Å². The summed E-state index contributed by atoms with van der Waals surface area (Å²) in [6.45, 7) is 0.297. The average molecular weight is 406 g/mol. The van der Waals surface area contributed by atoms with E-state index in [0.717, 1.165) is 21.2 Å². The van der Waals surface area contributed by atoms with Gasteiger partial charge in [-0.2, -0.15) is 0 Å². The van der Waals surface area contributed by atoms with E-state index in [1.54, 1.807) is 0 Å². The highest BCUT2D eigenvalue weighted by Gasteiger charge is 2.43.